The molecule has 2 N–H and O–H groups in total. The summed E-state index contributed by atoms with van der Waals surface area (Å²) in [6, 6.07) is 0. The number of carboxylic acid groups (broad SMARTS) is 1. The van der Waals surface area contributed by atoms with Crippen LogP contribution in [-0.2, 0) is 14.3 Å². The van der Waals surface area contributed by atoms with Crippen molar-refractivity contribution in [1.82, 2.24) is 5.32 Å². The molecule has 5 heteroatoms. The minimum atomic E-state index is -1.07. The molecule has 0 unspecified atom stereocenters. The van der Waals surface area contributed by atoms with Gasteiger partial charge in [0.2, 0.25) is 5.91 Å². The maximum Gasteiger partial charge on any atom is 0.332 e. The van der Waals surface area contributed by atoms with E-state index in [-0.39, 0.29) is 12.5 Å². The van der Waals surface area contributed by atoms with Crippen molar-refractivity contribution < 1.29 is 19.4 Å². The van der Waals surface area contributed by atoms with Gasteiger partial charge in [0.05, 0.1) is 0 Å². The summed E-state index contributed by atoms with van der Waals surface area (Å²) in [5.74, 6) is -1.37. The summed E-state index contributed by atoms with van der Waals surface area (Å²) in [5.41, 5.74) is 0. The highest BCUT2D eigenvalue weighted by Crippen LogP contribution is 1.89. The number of aliphatic carboxylic acids is 1. The monoisotopic (exact) mass is 175 g/mol. The fraction of sp³-hybridized carbons (Fsp3) is 0.714. The predicted molar refractivity (Wildman–Crippen MR) is 41.7 cm³/mol. The average Bonchev–Trinajstić information content (AvgIpc) is 2.00. The lowest BCUT2D eigenvalue weighted by Crippen LogP contribution is -2.31. The van der Waals surface area contributed by atoms with Gasteiger partial charge in [0, 0.05) is 6.54 Å². The Morgan fingerprint density at radius 3 is 2.58 bits per heavy atom. The quantitative estimate of drug-likeness (QED) is 0.596. The molecule has 0 radical (unpaired) electrons. The molecule has 0 aliphatic heterocycles. The highest BCUT2D eigenvalue weighted by molar-refractivity contribution is 5.78. The molecule has 5 nitrogen and oxygen atoms in total. The molecule has 0 saturated carbocycles. The van der Waals surface area contributed by atoms with Crippen molar-refractivity contribution in [2.45, 2.75) is 20.0 Å². The van der Waals surface area contributed by atoms with E-state index in [1.165, 1.54) is 6.92 Å². The fourth-order valence-corrected chi connectivity index (χ4v) is 0.520. The van der Waals surface area contributed by atoms with E-state index in [9.17, 15) is 9.59 Å². The Kier molecular flexibility index (Phi) is 5.03. The standard InChI is InChI=1S/C7H13NO4/c1-3-8-6(9)4-12-5(2)7(10)11/h5H,3-4H2,1-2H3,(H,8,9)(H,10,11)/t5-/m1/s1. The van der Waals surface area contributed by atoms with Crippen molar-refractivity contribution in [3.8, 4) is 0 Å². The number of hydrogen-bond donors (Lipinski definition) is 2. The molecule has 0 aromatic carbocycles. The second-order valence-electron chi connectivity index (χ2n) is 2.24. The number of likely N-dealkylation sites (N-methyl/N-ethyl adjacent to an activating group) is 1. The Bertz CT molecular complexity index is 169. The van der Waals surface area contributed by atoms with E-state index in [0.717, 1.165) is 0 Å². The highest BCUT2D eigenvalue weighted by Gasteiger charge is 2.12. The smallest absolute Gasteiger partial charge is 0.332 e. The van der Waals surface area contributed by atoms with Crippen LogP contribution in [0.3, 0.4) is 0 Å². The molecule has 0 bridgehead atoms. The maximum absolute atomic E-state index is 10.7. The van der Waals surface area contributed by atoms with Gasteiger partial charge in [-0.2, -0.15) is 0 Å². The van der Waals surface area contributed by atoms with Crippen molar-refractivity contribution in [2.24, 2.45) is 0 Å². The number of carboxylic acids is 1. The molecular formula is C7H13NO4. The zero-order valence-corrected chi connectivity index (χ0v) is 7.16. The molecule has 0 aliphatic carbocycles. The fourth-order valence-electron chi connectivity index (χ4n) is 0.520. The van der Waals surface area contributed by atoms with Crippen LogP contribution in [-0.4, -0.2) is 36.2 Å². The van der Waals surface area contributed by atoms with Crippen molar-refractivity contribution >= 4 is 11.9 Å². The molecule has 0 fully saturated rings. The highest BCUT2D eigenvalue weighted by atomic mass is 16.5. The first-order valence-electron chi connectivity index (χ1n) is 3.69. The Hall–Kier alpha value is -1.10. The van der Waals surface area contributed by atoms with Crippen LogP contribution in [0.15, 0.2) is 0 Å². The van der Waals surface area contributed by atoms with Gasteiger partial charge in [0.15, 0.2) is 6.10 Å². The van der Waals surface area contributed by atoms with Crippen molar-refractivity contribution in [3.05, 3.63) is 0 Å². The molecule has 0 heterocycles. The number of rotatable bonds is 5. The van der Waals surface area contributed by atoms with Crippen LogP contribution in [0.1, 0.15) is 13.8 Å². The molecular weight excluding hydrogens is 162 g/mol. The van der Waals surface area contributed by atoms with Crippen molar-refractivity contribution in [1.29, 1.82) is 0 Å². The number of hydrogen-bond acceptors (Lipinski definition) is 3. The molecule has 0 aliphatic rings. The lowest BCUT2D eigenvalue weighted by atomic mass is 10.4. The molecule has 0 aromatic heterocycles. The van der Waals surface area contributed by atoms with E-state index in [0.29, 0.717) is 6.54 Å². The van der Waals surface area contributed by atoms with E-state index >= 15 is 0 Å². The van der Waals surface area contributed by atoms with Crippen molar-refractivity contribution in [2.75, 3.05) is 13.2 Å². The van der Waals surface area contributed by atoms with Crippen LogP contribution in [0.5, 0.6) is 0 Å². The van der Waals surface area contributed by atoms with E-state index in [1.807, 2.05) is 0 Å². The van der Waals surface area contributed by atoms with E-state index in [1.54, 1.807) is 6.92 Å². The first-order chi connectivity index (χ1) is 5.57. The molecule has 1 amide bonds. The van der Waals surface area contributed by atoms with Crippen LogP contribution in [0, 0.1) is 0 Å². The third kappa shape index (κ3) is 4.68. The van der Waals surface area contributed by atoms with Gasteiger partial charge in [-0.05, 0) is 13.8 Å². The Balaban J connectivity index is 3.54. The van der Waals surface area contributed by atoms with Gasteiger partial charge in [0.1, 0.15) is 6.61 Å². The second kappa shape index (κ2) is 5.54. The number of amides is 1. The summed E-state index contributed by atoms with van der Waals surface area (Å²) < 4.78 is 4.71. The van der Waals surface area contributed by atoms with E-state index in [2.05, 4.69) is 5.32 Å². The lowest BCUT2D eigenvalue weighted by molar-refractivity contribution is -0.150. The topological polar surface area (TPSA) is 75.6 Å². The summed E-state index contributed by atoms with van der Waals surface area (Å²) in [4.78, 5) is 21.0. The number of carbonyl (C=O) groups is 2. The van der Waals surface area contributed by atoms with Gasteiger partial charge in [-0.25, -0.2) is 4.79 Å². The maximum atomic E-state index is 10.7. The number of carbonyl (C=O) groups excluding carboxylic acids is 1. The largest absolute Gasteiger partial charge is 0.479 e. The molecule has 1 atom stereocenters. The third-order valence-electron chi connectivity index (χ3n) is 1.19. The molecule has 12 heavy (non-hydrogen) atoms. The van der Waals surface area contributed by atoms with E-state index in [4.69, 9.17) is 9.84 Å². The van der Waals surface area contributed by atoms with Gasteiger partial charge in [0.25, 0.3) is 0 Å². The van der Waals surface area contributed by atoms with Crippen LogP contribution in [0.4, 0.5) is 0 Å². The summed E-state index contributed by atoms with van der Waals surface area (Å²) in [7, 11) is 0. The van der Waals surface area contributed by atoms with Crippen LogP contribution in [0.25, 0.3) is 0 Å². The number of ether oxygens (including phenoxy) is 1. The van der Waals surface area contributed by atoms with Gasteiger partial charge >= 0.3 is 5.97 Å². The number of nitrogens with one attached hydrogen (secondary N) is 1. The summed E-state index contributed by atoms with van der Waals surface area (Å²) in [6.07, 6.45) is -0.937. The van der Waals surface area contributed by atoms with Crippen LogP contribution >= 0.6 is 0 Å². The normalized spacial score (nSPS) is 12.2. The van der Waals surface area contributed by atoms with Crippen LogP contribution < -0.4 is 5.32 Å². The average molecular weight is 175 g/mol. The lowest BCUT2D eigenvalue weighted by Gasteiger charge is -2.07. The Labute approximate surface area is 70.7 Å². The first-order valence-corrected chi connectivity index (χ1v) is 3.69. The minimum absolute atomic E-state index is 0.207. The Morgan fingerprint density at radius 2 is 2.17 bits per heavy atom. The summed E-state index contributed by atoms with van der Waals surface area (Å²) in [5, 5.41) is 10.9. The SMILES string of the molecule is CCNC(=O)CO[C@H](C)C(=O)O. The zero-order chi connectivity index (χ0) is 9.56. The molecule has 0 spiro atoms. The summed E-state index contributed by atoms with van der Waals surface area (Å²) in [6.45, 7) is 3.46. The van der Waals surface area contributed by atoms with Gasteiger partial charge in [-0.15, -0.1) is 0 Å². The third-order valence-corrected chi connectivity index (χ3v) is 1.19. The molecule has 0 rings (SSSR count). The molecule has 70 valence electrons. The van der Waals surface area contributed by atoms with Gasteiger partial charge in [-0.3, -0.25) is 4.79 Å². The molecule has 0 aromatic rings. The van der Waals surface area contributed by atoms with E-state index < -0.39 is 12.1 Å². The zero-order valence-electron chi connectivity index (χ0n) is 7.16. The predicted octanol–water partition coefficient (Wildman–Crippen LogP) is -0.388. The van der Waals surface area contributed by atoms with Crippen LogP contribution in [0.2, 0.25) is 0 Å². The van der Waals surface area contributed by atoms with Gasteiger partial charge in [-0.1, -0.05) is 0 Å². The molecule has 0 saturated heterocycles. The first kappa shape index (κ1) is 10.9. The second-order valence-corrected chi connectivity index (χ2v) is 2.24. The Morgan fingerprint density at radius 1 is 1.58 bits per heavy atom. The van der Waals surface area contributed by atoms with Gasteiger partial charge < -0.3 is 15.2 Å². The minimum Gasteiger partial charge on any atom is -0.479 e. The van der Waals surface area contributed by atoms with Crippen molar-refractivity contribution in [3.63, 3.8) is 0 Å². The summed E-state index contributed by atoms with van der Waals surface area (Å²) >= 11 is 0.